The van der Waals surface area contributed by atoms with Crippen LogP contribution in [0, 0.1) is 5.82 Å². The van der Waals surface area contributed by atoms with E-state index in [1.54, 1.807) is 36.4 Å². The summed E-state index contributed by atoms with van der Waals surface area (Å²) in [5.74, 6) is -0.276. The minimum atomic E-state index is -0.711. The van der Waals surface area contributed by atoms with Crippen LogP contribution in [0.4, 0.5) is 4.39 Å². The Bertz CT molecular complexity index is 1330. The van der Waals surface area contributed by atoms with Crippen molar-refractivity contribution in [3.63, 3.8) is 0 Å². The second-order valence-corrected chi connectivity index (χ2v) is 6.95. The summed E-state index contributed by atoms with van der Waals surface area (Å²) < 4.78 is 25.5. The van der Waals surface area contributed by atoms with E-state index in [2.05, 4.69) is 0 Å². The highest BCUT2D eigenvalue weighted by Crippen LogP contribution is 2.24. The molecule has 0 N–H and O–H groups in total. The predicted molar refractivity (Wildman–Crippen MR) is 115 cm³/mol. The molecular formula is C25H19ClFNO4. The Morgan fingerprint density at radius 1 is 1.09 bits per heavy atom. The third-order valence-corrected chi connectivity index (χ3v) is 4.83. The number of para-hydroxylation sites is 1. The second kappa shape index (κ2) is 10.0. The fourth-order valence-corrected chi connectivity index (χ4v) is 3.20. The number of halogens is 2. The zero-order chi connectivity index (χ0) is 21.8. The van der Waals surface area contributed by atoms with Gasteiger partial charge in [-0.1, -0.05) is 18.2 Å². The first-order valence-electron chi connectivity index (χ1n) is 9.60. The number of benzene rings is 2. The van der Waals surface area contributed by atoms with E-state index in [0.717, 1.165) is 11.1 Å². The maximum absolute atomic E-state index is 13.0. The molecule has 0 spiro atoms. The Kier molecular flexibility index (Phi) is 7.18. The molecule has 2 heterocycles. The molecule has 0 aliphatic heterocycles. The molecule has 32 heavy (non-hydrogen) atoms. The van der Waals surface area contributed by atoms with Gasteiger partial charge < -0.3 is 21.6 Å². The fraction of sp³-hybridized carbons (Fsp3) is 0.0800. The summed E-state index contributed by atoms with van der Waals surface area (Å²) in [5, 5.41) is 0.609. The van der Waals surface area contributed by atoms with Crippen molar-refractivity contribution in [2.24, 2.45) is 0 Å². The average Bonchev–Trinajstić information content (AvgIpc) is 2.79. The van der Waals surface area contributed by atoms with Gasteiger partial charge in [0.15, 0.2) is 36.1 Å². The standard InChI is InChI=1S/C25H19FNO4.ClH/c1-30-23-4-2-3-19-15-21(25(29)31-24(19)23)22(28)10-7-17-11-13-27(14-12-17)16-18-5-8-20(26)9-6-18;/h2-15H,16H2,1H3;1H/q+1;/p-1/b10-7+;. The molecule has 0 aliphatic rings. The van der Waals surface area contributed by atoms with Gasteiger partial charge >= 0.3 is 5.63 Å². The zero-order valence-electron chi connectivity index (χ0n) is 17.1. The molecule has 4 aromatic rings. The Morgan fingerprint density at radius 3 is 2.50 bits per heavy atom. The molecule has 2 aromatic heterocycles. The van der Waals surface area contributed by atoms with Gasteiger partial charge in [0, 0.05) is 23.1 Å². The summed E-state index contributed by atoms with van der Waals surface area (Å²) in [6.07, 6.45) is 6.71. The number of carbonyl (C=O) groups is 1. The van der Waals surface area contributed by atoms with Crippen LogP contribution in [0.25, 0.3) is 17.0 Å². The number of aromatic nitrogens is 1. The number of ketones is 1. The van der Waals surface area contributed by atoms with Crippen molar-refractivity contribution in [2.45, 2.75) is 6.54 Å². The Hall–Kier alpha value is -3.77. The van der Waals surface area contributed by atoms with Gasteiger partial charge in [-0.05, 0) is 48.0 Å². The van der Waals surface area contributed by atoms with E-state index in [0.29, 0.717) is 23.3 Å². The van der Waals surface area contributed by atoms with Crippen LogP contribution in [-0.4, -0.2) is 12.9 Å². The van der Waals surface area contributed by atoms with Crippen molar-refractivity contribution in [1.29, 1.82) is 0 Å². The predicted octanol–water partition coefficient (Wildman–Crippen LogP) is 1.18. The van der Waals surface area contributed by atoms with Crippen LogP contribution in [0.3, 0.4) is 0 Å². The minimum Gasteiger partial charge on any atom is -1.00 e. The maximum Gasteiger partial charge on any atom is 0.347 e. The first-order valence-corrected chi connectivity index (χ1v) is 9.60. The van der Waals surface area contributed by atoms with Gasteiger partial charge in [0.2, 0.25) is 0 Å². The molecule has 0 aliphatic carbocycles. The highest BCUT2D eigenvalue weighted by Gasteiger charge is 2.13. The summed E-state index contributed by atoms with van der Waals surface area (Å²) >= 11 is 0. The van der Waals surface area contributed by atoms with Crippen LogP contribution < -0.4 is 27.3 Å². The number of ether oxygens (including phenoxy) is 1. The summed E-state index contributed by atoms with van der Waals surface area (Å²) in [5.41, 5.74) is 1.33. The first-order chi connectivity index (χ1) is 15.0. The zero-order valence-corrected chi connectivity index (χ0v) is 17.9. The fourth-order valence-electron chi connectivity index (χ4n) is 3.20. The smallest absolute Gasteiger partial charge is 0.347 e. The monoisotopic (exact) mass is 451 g/mol. The SMILES string of the molecule is COc1cccc2cc(C(=O)/C=C/c3cc[n+](Cc4ccc(F)cc4)cc3)c(=O)oc12.[Cl-]. The number of carbonyl (C=O) groups excluding carboxylic acids is 1. The third-order valence-electron chi connectivity index (χ3n) is 4.83. The van der Waals surface area contributed by atoms with Gasteiger partial charge in [-0.3, -0.25) is 4.79 Å². The van der Waals surface area contributed by atoms with E-state index in [-0.39, 0.29) is 23.8 Å². The summed E-state index contributed by atoms with van der Waals surface area (Å²) in [7, 11) is 1.49. The van der Waals surface area contributed by atoms with E-state index in [4.69, 9.17) is 9.15 Å². The lowest BCUT2D eigenvalue weighted by Gasteiger charge is -2.04. The number of methoxy groups -OCH3 is 1. The van der Waals surface area contributed by atoms with Crippen LogP contribution in [0.5, 0.6) is 5.75 Å². The Morgan fingerprint density at radius 2 is 1.81 bits per heavy atom. The van der Waals surface area contributed by atoms with Gasteiger partial charge in [-0.2, -0.15) is 0 Å². The van der Waals surface area contributed by atoms with E-state index >= 15 is 0 Å². The average molecular weight is 452 g/mol. The number of hydrogen-bond acceptors (Lipinski definition) is 4. The normalized spacial score (nSPS) is 10.8. The highest BCUT2D eigenvalue weighted by molar-refractivity contribution is 6.08. The molecule has 0 unspecified atom stereocenters. The van der Waals surface area contributed by atoms with Crippen molar-refractivity contribution in [3.8, 4) is 5.75 Å². The number of rotatable bonds is 6. The Balaban J connectivity index is 0.00000289. The van der Waals surface area contributed by atoms with Crippen LogP contribution >= 0.6 is 0 Å². The number of fused-ring (bicyclic) bond motifs is 1. The summed E-state index contributed by atoms with van der Waals surface area (Å²) in [6.45, 7) is 0.602. The van der Waals surface area contributed by atoms with Crippen molar-refractivity contribution in [1.82, 2.24) is 0 Å². The van der Waals surface area contributed by atoms with E-state index < -0.39 is 11.4 Å². The van der Waals surface area contributed by atoms with Crippen LogP contribution in [0.1, 0.15) is 21.5 Å². The highest BCUT2D eigenvalue weighted by atomic mass is 35.5. The molecule has 0 fully saturated rings. The number of nitrogens with zero attached hydrogens (tertiary/aromatic N) is 1. The molecule has 0 amide bonds. The van der Waals surface area contributed by atoms with Gasteiger partial charge in [-0.25, -0.2) is 13.8 Å². The van der Waals surface area contributed by atoms with E-state index in [9.17, 15) is 14.0 Å². The van der Waals surface area contributed by atoms with Gasteiger partial charge in [0.25, 0.3) is 0 Å². The first kappa shape index (κ1) is 22.9. The molecule has 5 nitrogen and oxygen atoms in total. The molecular weight excluding hydrogens is 433 g/mol. The van der Waals surface area contributed by atoms with Crippen LogP contribution in [0.15, 0.2) is 88.3 Å². The molecule has 0 radical (unpaired) electrons. The molecule has 0 atom stereocenters. The lowest BCUT2D eigenvalue weighted by Crippen LogP contribution is -3.00. The van der Waals surface area contributed by atoms with Crippen molar-refractivity contribution < 1.29 is 35.3 Å². The minimum absolute atomic E-state index is 0. The quantitative estimate of drug-likeness (QED) is 0.191. The van der Waals surface area contributed by atoms with Crippen molar-refractivity contribution in [2.75, 3.05) is 7.11 Å². The second-order valence-electron chi connectivity index (χ2n) is 6.95. The van der Waals surface area contributed by atoms with Gasteiger partial charge in [-0.15, -0.1) is 0 Å². The van der Waals surface area contributed by atoms with E-state index in [1.165, 1.54) is 31.4 Å². The molecule has 162 valence electrons. The molecule has 0 saturated carbocycles. The number of allylic oxidation sites excluding steroid dienone is 1. The summed E-state index contributed by atoms with van der Waals surface area (Å²) in [6, 6.07) is 16.7. The number of pyridine rings is 1. The van der Waals surface area contributed by atoms with Gasteiger partial charge in [0.1, 0.15) is 11.4 Å². The molecule has 7 heteroatoms. The maximum atomic E-state index is 13.0. The van der Waals surface area contributed by atoms with Crippen molar-refractivity contribution >= 4 is 22.8 Å². The van der Waals surface area contributed by atoms with Crippen LogP contribution in [-0.2, 0) is 6.54 Å². The topological polar surface area (TPSA) is 60.4 Å². The third kappa shape index (κ3) is 5.10. The summed E-state index contributed by atoms with van der Waals surface area (Å²) in [4.78, 5) is 24.8. The molecule has 4 rings (SSSR count). The van der Waals surface area contributed by atoms with E-state index in [1.807, 2.05) is 29.1 Å². The van der Waals surface area contributed by atoms with Crippen LogP contribution in [0.2, 0.25) is 0 Å². The largest absolute Gasteiger partial charge is 1.00 e. The molecule has 2 aromatic carbocycles. The molecule has 0 bridgehead atoms. The lowest BCUT2D eigenvalue weighted by atomic mass is 10.1. The number of hydrogen-bond donors (Lipinski definition) is 0. The van der Waals surface area contributed by atoms with Gasteiger partial charge in [0.05, 0.1) is 7.11 Å². The lowest BCUT2D eigenvalue weighted by molar-refractivity contribution is -0.688. The Labute approximate surface area is 189 Å². The van der Waals surface area contributed by atoms with Crippen molar-refractivity contribution in [3.05, 3.63) is 112 Å². The molecule has 0 saturated heterocycles.